The van der Waals surface area contributed by atoms with Gasteiger partial charge in [0.05, 0.1) is 6.54 Å². The molecule has 164 valence electrons. The van der Waals surface area contributed by atoms with Crippen molar-refractivity contribution in [1.29, 1.82) is 0 Å². The molecule has 0 bridgehead atoms. The number of fused-ring (bicyclic) bond motifs is 1. The highest BCUT2D eigenvalue weighted by molar-refractivity contribution is 7.80. The molecule has 0 aliphatic carbocycles. The van der Waals surface area contributed by atoms with Gasteiger partial charge in [-0.2, -0.15) is 0 Å². The zero-order valence-corrected chi connectivity index (χ0v) is 19.1. The molecule has 0 saturated carbocycles. The highest BCUT2D eigenvalue weighted by Crippen LogP contribution is 2.15. The van der Waals surface area contributed by atoms with Crippen LogP contribution in [0.25, 0.3) is 10.9 Å². The second kappa shape index (κ2) is 10.5. The van der Waals surface area contributed by atoms with E-state index in [0.29, 0.717) is 29.5 Å². The number of likely N-dealkylation sites (N-methyl/N-ethyl adjacent to an activating group) is 1. The molecule has 1 heterocycles. The van der Waals surface area contributed by atoms with Gasteiger partial charge in [-0.1, -0.05) is 26.0 Å². The Balaban J connectivity index is 1.84. The van der Waals surface area contributed by atoms with Crippen molar-refractivity contribution in [2.75, 3.05) is 31.5 Å². The van der Waals surface area contributed by atoms with E-state index < -0.39 is 0 Å². The van der Waals surface area contributed by atoms with E-state index in [1.165, 1.54) is 12.1 Å². The van der Waals surface area contributed by atoms with E-state index in [0.717, 1.165) is 36.1 Å². The fourth-order valence-corrected chi connectivity index (χ4v) is 3.75. The van der Waals surface area contributed by atoms with Crippen molar-refractivity contribution in [3.05, 3.63) is 75.8 Å². The van der Waals surface area contributed by atoms with Gasteiger partial charge in [-0.05, 0) is 79.6 Å². The minimum absolute atomic E-state index is 0.115. The van der Waals surface area contributed by atoms with Gasteiger partial charge in [0, 0.05) is 29.9 Å². The Morgan fingerprint density at radius 3 is 2.45 bits per heavy atom. The lowest BCUT2D eigenvalue weighted by Crippen LogP contribution is -2.41. The van der Waals surface area contributed by atoms with E-state index in [1.54, 1.807) is 12.1 Å². The van der Waals surface area contributed by atoms with Gasteiger partial charge in [0.1, 0.15) is 5.82 Å². The smallest absolute Gasteiger partial charge is 0.253 e. The number of benzene rings is 2. The summed E-state index contributed by atoms with van der Waals surface area (Å²) >= 11 is 5.66. The summed E-state index contributed by atoms with van der Waals surface area (Å²) in [4.78, 5) is 20.0. The van der Waals surface area contributed by atoms with Crippen molar-refractivity contribution in [3.8, 4) is 0 Å². The van der Waals surface area contributed by atoms with Crippen molar-refractivity contribution in [2.24, 2.45) is 0 Å². The molecule has 1 aromatic heterocycles. The molecule has 0 aliphatic heterocycles. The van der Waals surface area contributed by atoms with Gasteiger partial charge in [0.2, 0.25) is 0 Å². The third-order valence-electron chi connectivity index (χ3n) is 5.40. The molecule has 2 aromatic carbocycles. The second-order valence-corrected chi connectivity index (χ2v) is 7.99. The molecular weight excluding hydrogens is 411 g/mol. The van der Waals surface area contributed by atoms with Crippen LogP contribution >= 0.6 is 12.2 Å². The summed E-state index contributed by atoms with van der Waals surface area (Å²) in [5.41, 5.74) is 3.17. The third kappa shape index (κ3) is 6.12. The van der Waals surface area contributed by atoms with Crippen molar-refractivity contribution < 1.29 is 4.39 Å². The van der Waals surface area contributed by atoms with Gasteiger partial charge in [-0.25, -0.2) is 4.39 Å². The quantitative estimate of drug-likeness (QED) is 0.505. The Morgan fingerprint density at radius 1 is 1.06 bits per heavy atom. The highest BCUT2D eigenvalue weighted by atomic mass is 32.1. The van der Waals surface area contributed by atoms with Crippen LogP contribution in [0.4, 0.5) is 10.1 Å². The van der Waals surface area contributed by atoms with Gasteiger partial charge in [0.15, 0.2) is 5.11 Å². The first-order valence-corrected chi connectivity index (χ1v) is 11.0. The van der Waals surface area contributed by atoms with Crippen molar-refractivity contribution >= 4 is 33.9 Å². The van der Waals surface area contributed by atoms with Crippen molar-refractivity contribution in [2.45, 2.75) is 27.3 Å². The number of halogens is 1. The third-order valence-corrected chi connectivity index (χ3v) is 5.76. The summed E-state index contributed by atoms with van der Waals surface area (Å²) in [5.74, 6) is -0.298. The minimum Gasteiger partial charge on any atom is -0.343 e. The first-order valence-electron chi connectivity index (χ1n) is 10.6. The van der Waals surface area contributed by atoms with E-state index in [4.69, 9.17) is 12.2 Å². The molecule has 0 saturated heterocycles. The van der Waals surface area contributed by atoms with Crippen LogP contribution < -0.4 is 10.9 Å². The SMILES string of the molecule is CCN(CC)CCN(Cc1cc2ccc(C)cc2[nH]c1=O)C(=S)Nc1ccc(F)cc1. The first-order chi connectivity index (χ1) is 14.9. The van der Waals surface area contributed by atoms with Gasteiger partial charge in [-0.3, -0.25) is 4.79 Å². The van der Waals surface area contributed by atoms with Crippen LogP contribution in [0.2, 0.25) is 0 Å². The number of aryl methyl sites for hydroxylation is 1. The molecule has 3 rings (SSSR count). The lowest BCUT2D eigenvalue weighted by Gasteiger charge is -2.29. The second-order valence-electron chi connectivity index (χ2n) is 7.60. The fraction of sp³-hybridized carbons (Fsp3) is 0.333. The average Bonchev–Trinajstić information content (AvgIpc) is 2.75. The van der Waals surface area contributed by atoms with E-state index in [-0.39, 0.29) is 11.4 Å². The lowest BCUT2D eigenvalue weighted by molar-refractivity contribution is 0.266. The summed E-state index contributed by atoms with van der Waals surface area (Å²) < 4.78 is 13.2. The Bertz CT molecular complexity index is 1090. The van der Waals surface area contributed by atoms with Crippen molar-refractivity contribution in [3.63, 3.8) is 0 Å². The molecule has 5 nitrogen and oxygen atoms in total. The Labute approximate surface area is 187 Å². The number of pyridine rings is 1. The maximum absolute atomic E-state index is 13.2. The van der Waals surface area contributed by atoms with E-state index in [2.05, 4.69) is 29.0 Å². The van der Waals surface area contributed by atoms with Gasteiger partial charge >= 0.3 is 0 Å². The van der Waals surface area contributed by atoms with E-state index >= 15 is 0 Å². The lowest BCUT2D eigenvalue weighted by atomic mass is 10.1. The van der Waals surface area contributed by atoms with Gasteiger partial charge in [0.25, 0.3) is 5.56 Å². The zero-order valence-electron chi connectivity index (χ0n) is 18.2. The van der Waals surface area contributed by atoms with Crippen LogP contribution in [0, 0.1) is 12.7 Å². The number of thiocarbonyl (C=S) groups is 1. The van der Waals surface area contributed by atoms with Crippen LogP contribution in [0.15, 0.2) is 53.3 Å². The summed E-state index contributed by atoms with van der Waals surface area (Å²) in [6, 6.07) is 14.0. The van der Waals surface area contributed by atoms with Crippen LogP contribution in [-0.4, -0.2) is 46.1 Å². The molecule has 0 atom stereocenters. The minimum atomic E-state index is -0.298. The number of aromatic amines is 1. The number of nitrogens with one attached hydrogen (secondary N) is 2. The van der Waals surface area contributed by atoms with Crippen LogP contribution in [0.3, 0.4) is 0 Å². The number of rotatable bonds is 8. The van der Waals surface area contributed by atoms with Crippen LogP contribution in [0.5, 0.6) is 0 Å². The molecule has 2 N–H and O–H groups in total. The Kier molecular flexibility index (Phi) is 7.76. The van der Waals surface area contributed by atoms with E-state index in [9.17, 15) is 9.18 Å². The summed E-state index contributed by atoms with van der Waals surface area (Å²) in [6.45, 7) is 10.0. The Morgan fingerprint density at radius 2 is 1.77 bits per heavy atom. The number of nitrogens with zero attached hydrogens (tertiary/aromatic N) is 2. The topological polar surface area (TPSA) is 51.4 Å². The van der Waals surface area contributed by atoms with E-state index in [1.807, 2.05) is 36.1 Å². The largest absolute Gasteiger partial charge is 0.343 e. The molecule has 7 heteroatoms. The summed E-state index contributed by atoms with van der Waals surface area (Å²) in [7, 11) is 0. The average molecular weight is 441 g/mol. The molecular formula is C24H29FN4OS. The summed E-state index contributed by atoms with van der Waals surface area (Å²) in [6.07, 6.45) is 0. The summed E-state index contributed by atoms with van der Waals surface area (Å²) in [5, 5.41) is 4.66. The molecule has 3 aromatic rings. The maximum atomic E-state index is 13.2. The Hall–Kier alpha value is -2.77. The first kappa shape index (κ1) is 22.9. The zero-order chi connectivity index (χ0) is 22.4. The number of aromatic nitrogens is 1. The maximum Gasteiger partial charge on any atom is 0.253 e. The fourth-order valence-electron chi connectivity index (χ4n) is 3.47. The molecule has 0 amide bonds. The number of H-pyrrole nitrogens is 1. The predicted octanol–water partition coefficient (Wildman–Crippen LogP) is 4.52. The number of hydrogen-bond acceptors (Lipinski definition) is 3. The molecule has 0 radical (unpaired) electrons. The molecule has 0 aliphatic rings. The standard InChI is InChI=1S/C24H29FN4OS/c1-4-28(5-2)12-13-29(24(31)26-21-10-8-20(25)9-11-21)16-19-15-18-7-6-17(3)14-22(18)27-23(19)30/h6-11,14-15H,4-5,12-13,16H2,1-3H3,(H,26,31)(H,27,30). The normalized spacial score (nSPS) is 11.1. The predicted molar refractivity (Wildman–Crippen MR) is 130 cm³/mol. The highest BCUT2D eigenvalue weighted by Gasteiger charge is 2.15. The number of anilines is 1. The molecule has 0 unspecified atom stereocenters. The van der Waals surface area contributed by atoms with Gasteiger partial charge in [-0.15, -0.1) is 0 Å². The number of hydrogen-bond donors (Lipinski definition) is 2. The molecule has 0 spiro atoms. The van der Waals surface area contributed by atoms with Crippen LogP contribution in [0.1, 0.15) is 25.0 Å². The molecule has 31 heavy (non-hydrogen) atoms. The molecule has 0 fully saturated rings. The van der Waals surface area contributed by atoms with Crippen molar-refractivity contribution in [1.82, 2.24) is 14.8 Å². The van der Waals surface area contributed by atoms with Crippen LogP contribution in [-0.2, 0) is 6.54 Å². The monoisotopic (exact) mass is 440 g/mol. The van der Waals surface area contributed by atoms with Gasteiger partial charge < -0.3 is 20.1 Å².